The van der Waals surface area contributed by atoms with Crippen LogP contribution < -0.4 is 5.32 Å². The first-order valence-electron chi connectivity index (χ1n) is 8.89. The minimum atomic E-state index is -0.437. The van der Waals surface area contributed by atoms with Crippen molar-refractivity contribution in [3.8, 4) is 0 Å². The zero-order valence-corrected chi connectivity index (χ0v) is 14.5. The normalized spacial score (nSPS) is 15.8. The average Bonchev–Trinajstić information content (AvgIpc) is 2.66. The Hall–Kier alpha value is -2.69. The first-order chi connectivity index (χ1) is 12.6. The Labute approximate surface area is 152 Å². The largest absolute Gasteiger partial charge is 0.456 e. The molecule has 0 saturated carbocycles. The zero-order chi connectivity index (χ0) is 18.4. The van der Waals surface area contributed by atoms with E-state index in [2.05, 4.69) is 11.4 Å². The van der Waals surface area contributed by atoms with Crippen molar-refractivity contribution in [2.24, 2.45) is 0 Å². The van der Waals surface area contributed by atoms with Gasteiger partial charge in [0.1, 0.15) is 5.82 Å². The van der Waals surface area contributed by atoms with E-state index in [-0.39, 0.29) is 30.8 Å². The lowest BCUT2D eigenvalue weighted by molar-refractivity contribution is -0.148. The van der Waals surface area contributed by atoms with Crippen LogP contribution in [0.2, 0.25) is 0 Å². The SMILES string of the molecule is O=C(COC(=O)CCc1ccc(F)cc1)N[C@@H]1CCCc2ccccc21. The molecule has 0 unspecified atom stereocenters. The van der Waals surface area contributed by atoms with Crippen molar-refractivity contribution in [2.45, 2.75) is 38.1 Å². The summed E-state index contributed by atoms with van der Waals surface area (Å²) < 4.78 is 17.9. The molecule has 136 valence electrons. The highest BCUT2D eigenvalue weighted by Gasteiger charge is 2.21. The lowest BCUT2D eigenvalue weighted by Crippen LogP contribution is -2.34. The van der Waals surface area contributed by atoms with E-state index >= 15 is 0 Å². The summed E-state index contributed by atoms with van der Waals surface area (Å²) in [6, 6.07) is 14.1. The van der Waals surface area contributed by atoms with E-state index in [1.165, 1.54) is 17.7 Å². The number of ether oxygens (including phenoxy) is 1. The maximum atomic E-state index is 12.8. The molecule has 1 aliphatic carbocycles. The Balaban J connectivity index is 1.43. The van der Waals surface area contributed by atoms with Crippen molar-refractivity contribution in [3.05, 3.63) is 71.0 Å². The molecule has 0 bridgehead atoms. The van der Waals surface area contributed by atoms with Gasteiger partial charge in [-0.3, -0.25) is 9.59 Å². The fourth-order valence-electron chi connectivity index (χ4n) is 3.26. The summed E-state index contributed by atoms with van der Waals surface area (Å²) in [6.07, 6.45) is 3.56. The number of rotatable bonds is 6. The fourth-order valence-corrected chi connectivity index (χ4v) is 3.26. The van der Waals surface area contributed by atoms with Crippen LogP contribution in [-0.2, 0) is 27.2 Å². The third kappa shape index (κ3) is 4.91. The molecular weight excluding hydrogens is 333 g/mol. The Morgan fingerprint density at radius 3 is 2.69 bits per heavy atom. The third-order valence-corrected chi connectivity index (χ3v) is 4.60. The van der Waals surface area contributed by atoms with Gasteiger partial charge in [0.05, 0.1) is 6.04 Å². The van der Waals surface area contributed by atoms with Gasteiger partial charge in [-0.05, 0) is 54.5 Å². The number of carbonyl (C=O) groups excluding carboxylic acids is 2. The standard InChI is InChI=1S/C21H22FNO3/c22-17-11-8-15(9-12-17)10-13-21(25)26-14-20(24)23-19-7-3-5-16-4-1-2-6-18(16)19/h1-2,4,6,8-9,11-12,19H,3,5,7,10,13-14H2,(H,23,24)/t19-/m1/s1. The summed E-state index contributed by atoms with van der Waals surface area (Å²) in [4.78, 5) is 23.9. The number of nitrogens with one attached hydrogen (secondary N) is 1. The van der Waals surface area contributed by atoms with Crippen molar-refractivity contribution in [1.29, 1.82) is 0 Å². The molecule has 3 rings (SSSR count). The van der Waals surface area contributed by atoms with Gasteiger partial charge >= 0.3 is 5.97 Å². The highest BCUT2D eigenvalue weighted by molar-refractivity contribution is 5.81. The highest BCUT2D eigenvalue weighted by Crippen LogP contribution is 2.29. The molecule has 0 saturated heterocycles. The van der Waals surface area contributed by atoms with Gasteiger partial charge in [0.2, 0.25) is 0 Å². The number of fused-ring (bicyclic) bond motifs is 1. The monoisotopic (exact) mass is 355 g/mol. The van der Waals surface area contributed by atoms with Crippen molar-refractivity contribution < 1.29 is 18.7 Å². The summed E-state index contributed by atoms with van der Waals surface area (Å²) in [5.74, 6) is -1.03. The highest BCUT2D eigenvalue weighted by atomic mass is 19.1. The van der Waals surface area contributed by atoms with Gasteiger partial charge in [0, 0.05) is 6.42 Å². The molecule has 1 N–H and O–H groups in total. The molecule has 26 heavy (non-hydrogen) atoms. The summed E-state index contributed by atoms with van der Waals surface area (Å²) in [5, 5.41) is 2.95. The van der Waals surface area contributed by atoms with Crippen LogP contribution >= 0.6 is 0 Å². The number of amides is 1. The minimum absolute atomic E-state index is 0.0228. The van der Waals surface area contributed by atoms with Gasteiger partial charge in [-0.15, -0.1) is 0 Å². The molecule has 1 atom stereocenters. The second kappa shape index (κ2) is 8.61. The topological polar surface area (TPSA) is 55.4 Å². The number of hydrogen-bond donors (Lipinski definition) is 1. The van der Waals surface area contributed by atoms with Crippen LogP contribution in [-0.4, -0.2) is 18.5 Å². The molecule has 1 amide bonds. The van der Waals surface area contributed by atoms with Crippen LogP contribution in [0.25, 0.3) is 0 Å². The molecule has 4 nitrogen and oxygen atoms in total. The van der Waals surface area contributed by atoms with E-state index in [9.17, 15) is 14.0 Å². The van der Waals surface area contributed by atoms with E-state index in [0.29, 0.717) is 6.42 Å². The van der Waals surface area contributed by atoms with Gasteiger partial charge < -0.3 is 10.1 Å². The van der Waals surface area contributed by atoms with Gasteiger partial charge in [-0.2, -0.15) is 0 Å². The summed E-state index contributed by atoms with van der Waals surface area (Å²) >= 11 is 0. The maximum absolute atomic E-state index is 12.8. The van der Waals surface area contributed by atoms with Crippen LogP contribution in [0.1, 0.15) is 42.0 Å². The van der Waals surface area contributed by atoms with E-state index in [1.807, 2.05) is 18.2 Å². The van der Waals surface area contributed by atoms with E-state index in [4.69, 9.17) is 4.74 Å². The third-order valence-electron chi connectivity index (χ3n) is 4.60. The second-order valence-electron chi connectivity index (χ2n) is 6.50. The summed E-state index contributed by atoms with van der Waals surface area (Å²) in [5.41, 5.74) is 3.27. The van der Waals surface area contributed by atoms with Gasteiger partial charge in [-0.1, -0.05) is 36.4 Å². The second-order valence-corrected chi connectivity index (χ2v) is 6.50. The maximum Gasteiger partial charge on any atom is 0.306 e. The predicted octanol–water partition coefficient (Wildman–Crippen LogP) is 3.50. The first kappa shape index (κ1) is 18.1. The number of esters is 1. The molecule has 1 aliphatic rings. The van der Waals surface area contributed by atoms with Crippen molar-refractivity contribution >= 4 is 11.9 Å². The van der Waals surface area contributed by atoms with Crippen LogP contribution in [0.15, 0.2) is 48.5 Å². The van der Waals surface area contributed by atoms with E-state index in [1.54, 1.807) is 12.1 Å². The fraction of sp³-hybridized carbons (Fsp3) is 0.333. The number of halogens is 1. The molecule has 0 heterocycles. The van der Waals surface area contributed by atoms with Crippen molar-refractivity contribution in [2.75, 3.05) is 6.61 Å². The average molecular weight is 355 g/mol. The number of aryl methyl sites for hydroxylation is 2. The van der Waals surface area contributed by atoms with Crippen LogP contribution in [0.4, 0.5) is 4.39 Å². The Bertz CT molecular complexity index is 773. The molecule has 0 radical (unpaired) electrons. The molecule has 0 fully saturated rings. The van der Waals surface area contributed by atoms with Gasteiger partial charge in [0.15, 0.2) is 6.61 Å². The summed E-state index contributed by atoms with van der Waals surface area (Å²) in [6.45, 7) is -0.277. The number of carbonyl (C=O) groups is 2. The lowest BCUT2D eigenvalue weighted by Gasteiger charge is -2.26. The van der Waals surface area contributed by atoms with Crippen molar-refractivity contribution in [1.82, 2.24) is 5.32 Å². The predicted molar refractivity (Wildman–Crippen MR) is 95.9 cm³/mol. The molecule has 0 aliphatic heterocycles. The summed E-state index contributed by atoms with van der Waals surface area (Å²) in [7, 11) is 0. The first-order valence-corrected chi connectivity index (χ1v) is 8.89. The number of hydrogen-bond acceptors (Lipinski definition) is 3. The Morgan fingerprint density at radius 1 is 1.12 bits per heavy atom. The van der Waals surface area contributed by atoms with Gasteiger partial charge in [0.25, 0.3) is 5.91 Å². The van der Waals surface area contributed by atoms with Crippen LogP contribution in [0.5, 0.6) is 0 Å². The zero-order valence-electron chi connectivity index (χ0n) is 14.5. The quantitative estimate of drug-likeness (QED) is 0.807. The van der Waals surface area contributed by atoms with Crippen LogP contribution in [0, 0.1) is 5.82 Å². The molecular formula is C21H22FNO3. The molecule has 0 spiro atoms. The minimum Gasteiger partial charge on any atom is -0.456 e. The number of benzene rings is 2. The van der Waals surface area contributed by atoms with E-state index < -0.39 is 5.97 Å². The van der Waals surface area contributed by atoms with E-state index in [0.717, 1.165) is 30.4 Å². The molecule has 5 heteroatoms. The Morgan fingerprint density at radius 2 is 1.88 bits per heavy atom. The molecule has 2 aromatic rings. The molecule has 0 aromatic heterocycles. The van der Waals surface area contributed by atoms with Crippen LogP contribution in [0.3, 0.4) is 0 Å². The Kier molecular flexibility index (Phi) is 6.00. The van der Waals surface area contributed by atoms with Gasteiger partial charge in [-0.25, -0.2) is 4.39 Å². The molecule has 2 aromatic carbocycles. The van der Waals surface area contributed by atoms with Crippen molar-refractivity contribution in [3.63, 3.8) is 0 Å². The lowest BCUT2D eigenvalue weighted by atomic mass is 9.88. The smallest absolute Gasteiger partial charge is 0.306 e.